The minimum Gasteiger partial charge on any atom is -0.378 e. The van der Waals surface area contributed by atoms with Crippen LogP contribution in [0, 0.1) is 0 Å². The van der Waals surface area contributed by atoms with E-state index in [9.17, 15) is 0 Å². The summed E-state index contributed by atoms with van der Waals surface area (Å²) >= 11 is 11.9. The highest BCUT2D eigenvalue weighted by molar-refractivity contribution is 6.31. The van der Waals surface area contributed by atoms with Crippen LogP contribution in [0.15, 0.2) is 48.5 Å². The van der Waals surface area contributed by atoms with Crippen LogP contribution in [0.5, 0.6) is 0 Å². The Kier molecular flexibility index (Phi) is 3.93. The fraction of sp³-hybridized carbons (Fsp3) is 0.143. The number of hydrogen-bond acceptors (Lipinski definition) is 1. The van der Waals surface area contributed by atoms with E-state index in [-0.39, 0.29) is 6.04 Å². The van der Waals surface area contributed by atoms with Crippen molar-refractivity contribution in [3.8, 4) is 0 Å². The molecule has 0 fully saturated rings. The third-order valence-corrected chi connectivity index (χ3v) is 3.03. The molecule has 2 aromatic rings. The van der Waals surface area contributed by atoms with Crippen molar-refractivity contribution >= 4 is 28.9 Å². The van der Waals surface area contributed by atoms with Crippen LogP contribution in [0.3, 0.4) is 0 Å². The molecule has 0 saturated heterocycles. The second-order valence-electron chi connectivity index (χ2n) is 3.93. The maximum absolute atomic E-state index is 5.97. The Bertz CT molecular complexity index is 511. The van der Waals surface area contributed by atoms with Crippen molar-refractivity contribution in [2.45, 2.75) is 13.0 Å². The van der Waals surface area contributed by atoms with Crippen molar-refractivity contribution in [2.24, 2.45) is 0 Å². The third-order valence-electron chi connectivity index (χ3n) is 2.56. The van der Waals surface area contributed by atoms with Crippen molar-refractivity contribution in [3.05, 3.63) is 64.1 Å². The van der Waals surface area contributed by atoms with Crippen LogP contribution in [-0.2, 0) is 0 Å². The fourth-order valence-corrected chi connectivity index (χ4v) is 2.08. The van der Waals surface area contributed by atoms with E-state index in [0.717, 1.165) is 21.3 Å². The molecule has 2 aromatic carbocycles. The van der Waals surface area contributed by atoms with Gasteiger partial charge in [-0.05, 0) is 42.8 Å². The minimum atomic E-state index is 0.187. The number of benzene rings is 2. The first-order chi connectivity index (χ1) is 8.15. The van der Waals surface area contributed by atoms with Crippen molar-refractivity contribution in [1.82, 2.24) is 0 Å². The molecule has 1 N–H and O–H groups in total. The van der Waals surface area contributed by atoms with E-state index in [1.807, 2.05) is 48.5 Å². The Morgan fingerprint density at radius 1 is 0.941 bits per heavy atom. The molecule has 0 saturated carbocycles. The van der Waals surface area contributed by atoms with Gasteiger partial charge in [0.1, 0.15) is 0 Å². The van der Waals surface area contributed by atoms with Gasteiger partial charge in [0.25, 0.3) is 0 Å². The molecule has 0 radical (unpaired) electrons. The number of hydrogen-bond donors (Lipinski definition) is 1. The molecule has 1 atom stereocenters. The zero-order valence-electron chi connectivity index (χ0n) is 9.45. The van der Waals surface area contributed by atoms with Gasteiger partial charge >= 0.3 is 0 Å². The van der Waals surface area contributed by atoms with Gasteiger partial charge in [0.2, 0.25) is 0 Å². The Labute approximate surface area is 111 Å². The molecule has 3 heteroatoms. The van der Waals surface area contributed by atoms with Crippen LogP contribution < -0.4 is 5.32 Å². The highest BCUT2D eigenvalue weighted by Gasteiger charge is 2.05. The summed E-state index contributed by atoms with van der Waals surface area (Å²) in [5.41, 5.74) is 2.16. The van der Waals surface area contributed by atoms with Gasteiger partial charge in [0.05, 0.1) is 0 Å². The maximum atomic E-state index is 5.97. The smallest absolute Gasteiger partial charge is 0.0486 e. The summed E-state index contributed by atoms with van der Waals surface area (Å²) in [6, 6.07) is 15.7. The lowest BCUT2D eigenvalue weighted by molar-refractivity contribution is 0.885. The van der Waals surface area contributed by atoms with Crippen molar-refractivity contribution in [2.75, 3.05) is 5.32 Å². The van der Waals surface area contributed by atoms with Gasteiger partial charge in [-0.3, -0.25) is 0 Å². The molecule has 0 aliphatic rings. The van der Waals surface area contributed by atoms with E-state index >= 15 is 0 Å². The average molecular weight is 266 g/mol. The van der Waals surface area contributed by atoms with Crippen LogP contribution in [0.4, 0.5) is 5.69 Å². The summed E-state index contributed by atoms with van der Waals surface area (Å²) in [7, 11) is 0. The highest BCUT2D eigenvalue weighted by atomic mass is 35.5. The predicted octanol–water partition coefficient (Wildman–Crippen LogP) is 5.17. The van der Waals surface area contributed by atoms with Crippen molar-refractivity contribution < 1.29 is 0 Å². The van der Waals surface area contributed by atoms with Crippen LogP contribution >= 0.6 is 23.2 Å². The molecule has 0 spiro atoms. The van der Waals surface area contributed by atoms with E-state index in [0.29, 0.717) is 0 Å². The lowest BCUT2D eigenvalue weighted by Crippen LogP contribution is -2.06. The molecule has 0 amide bonds. The molecule has 88 valence electrons. The SMILES string of the molecule is CC(Nc1cccc(Cl)c1)c1cccc(Cl)c1. The molecule has 0 heterocycles. The second kappa shape index (κ2) is 5.44. The molecule has 2 rings (SSSR count). The van der Waals surface area contributed by atoms with Crippen LogP contribution in [0.2, 0.25) is 10.0 Å². The summed E-state index contributed by atoms with van der Waals surface area (Å²) in [5.74, 6) is 0. The minimum absolute atomic E-state index is 0.187. The number of rotatable bonds is 3. The van der Waals surface area contributed by atoms with Crippen molar-refractivity contribution in [3.63, 3.8) is 0 Å². The zero-order valence-corrected chi connectivity index (χ0v) is 11.0. The Hall–Kier alpha value is -1.18. The maximum Gasteiger partial charge on any atom is 0.0486 e. The van der Waals surface area contributed by atoms with Crippen LogP contribution in [0.1, 0.15) is 18.5 Å². The molecular formula is C14H13Cl2N. The van der Waals surface area contributed by atoms with Crippen LogP contribution in [0.25, 0.3) is 0 Å². The average Bonchev–Trinajstić information content (AvgIpc) is 2.29. The van der Waals surface area contributed by atoms with Gasteiger partial charge in [-0.2, -0.15) is 0 Å². The van der Waals surface area contributed by atoms with E-state index in [2.05, 4.69) is 12.2 Å². The van der Waals surface area contributed by atoms with E-state index < -0.39 is 0 Å². The highest BCUT2D eigenvalue weighted by Crippen LogP contribution is 2.23. The fourth-order valence-electron chi connectivity index (χ4n) is 1.69. The number of halogens is 2. The number of nitrogens with one attached hydrogen (secondary N) is 1. The Balaban J connectivity index is 2.14. The lowest BCUT2D eigenvalue weighted by atomic mass is 10.1. The van der Waals surface area contributed by atoms with E-state index in [1.54, 1.807) is 0 Å². The topological polar surface area (TPSA) is 12.0 Å². The first-order valence-electron chi connectivity index (χ1n) is 5.43. The Morgan fingerprint density at radius 2 is 1.59 bits per heavy atom. The standard InChI is InChI=1S/C14H13Cl2N/c1-10(11-4-2-5-12(15)8-11)17-14-7-3-6-13(16)9-14/h2-10,17H,1H3. The molecule has 1 nitrogen and oxygen atoms in total. The quantitative estimate of drug-likeness (QED) is 0.808. The largest absolute Gasteiger partial charge is 0.378 e. The molecule has 0 aliphatic carbocycles. The monoisotopic (exact) mass is 265 g/mol. The molecule has 0 bridgehead atoms. The van der Waals surface area contributed by atoms with E-state index in [1.165, 1.54) is 0 Å². The second-order valence-corrected chi connectivity index (χ2v) is 4.80. The van der Waals surface area contributed by atoms with Gasteiger partial charge < -0.3 is 5.32 Å². The zero-order chi connectivity index (χ0) is 12.3. The van der Waals surface area contributed by atoms with Gasteiger partial charge in [0.15, 0.2) is 0 Å². The summed E-state index contributed by atoms with van der Waals surface area (Å²) < 4.78 is 0. The Morgan fingerprint density at radius 3 is 2.24 bits per heavy atom. The first kappa shape index (κ1) is 12.3. The van der Waals surface area contributed by atoms with Gasteiger partial charge in [-0.1, -0.05) is 41.4 Å². The third kappa shape index (κ3) is 3.39. The molecule has 0 aromatic heterocycles. The molecular weight excluding hydrogens is 253 g/mol. The molecule has 17 heavy (non-hydrogen) atoms. The number of anilines is 1. The predicted molar refractivity (Wildman–Crippen MR) is 74.9 cm³/mol. The molecule has 0 aliphatic heterocycles. The van der Waals surface area contributed by atoms with Crippen LogP contribution in [-0.4, -0.2) is 0 Å². The summed E-state index contributed by atoms with van der Waals surface area (Å²) in [5, 5.41) is 4.87. The van der Waals surface area contributed by atoms with Gasteiger partial charge in [-0.25, -0.2) is 0 Å². The first-order valence-corrected chi connectivity index (χ1v) is 6.18. The summed E-state index contributed by atoms with van der Waals surface area (Å²) in [4.78, 5) is 0. The lowest BCUT2D eigenvalue weighted by Gasteiger charge is -2.16. The van der Waals surface area contributed by atoms with Crippen molar-refractivity contribution in [1.29, 1.82) is 0 Å². The van der Waals surface area contributed by atoms with Gasteiger partial charge in [0, 0.05) is 21.8 Å². The molecule has 1 unspecified atom stereocenters. The van der Waals surface area contributed by atoms with E-state index in [4.69, 9.17) is 23.2 Å². The summed E-state index contributed by atoms with van der Waals surface area (Å²) in [6.07, 6.45) is 0. The van der Waals surface area contributed by atoms with Gasteiger partial charge in [-0.15, -0.1) is 0 Å². The summed E-state index contributed by atoms with van der Waals surface area (Å²) in [6.45, 7) is 2.09. The normalized spacial score (nSPS) is 12.2.